The Hall–Kier alpha value is -0.966. The molecule has 7 nitrogen and oxygen atoms in total. The van der Waals surface area contributed by atoms with Crippen LogP contribution in [0.25, 0.3) is 0 Å². The van der Waals surface area contributed by atoms with Gasteiger partial charge in [-0.1, -0.05) is 12.1 Å². The summed E-state index contributed by atoms with van der Waals surface area (Å²) in [6.07, 6.45) is 0. The van der Waals surface area contributed by atoms with Gasteiger partial charge in [-0.15, -0.1) is 5.09 Å². The fraction of sp³-hybridized carbons (Fsp3) is 0.533. The maximum Gasteiger partial charge on any atom is 0.410 e. The van der Waals surface area contributed by atoms with E-state index in [0.29, 0.717) is 11.5 Å². The molecule has 1 aliphatic heterocycles. The third-order valence-electron chi connectivity index (χ3n) is 2.97. The van der Waals surface area contributed by atoms with Crippen LogP contribution in [0.2, 0.25) is 39.3 Å². The molecule has 0 bridgehead atoms. The zero-order valence-corrected chi connectivity index (χ0v) is 18.4. The van der Waals surface area contributed by atoms with E-state index in [1.165, 1.54) is 0 Å². The Morgan fingerprint density at radius 3 is 2.08 bits per heavy atom. The number of hydrogen-bond donors (Lipinski definition) is 1. The van der Waals surface area contributed by atoms with Crippen LogP contribution < -0.4 is 19.0 Å². The van der Waals surface area contributed by atoms with Crippen LogP contribution in [0.5, 0.6) is 11.5 Å². The second-order valence-electron chi connectivity index (χ2n) is 7.77. The minimum atomic E-state index is -3.71. The van der Waals surface area contributed by atoms with Gasteiger partial charge >= 0.3 is 14.1 Å². The van der Waals surface area contributed by atoms with E-state index in [1.807, 2.05) is 39.3 Å². The molecule has 140 valence electrons. The molecule has 25 heavy (non-hydrogen) atoms. The maximum atomic E-state index is 12.9. The molecule has 0 amide bonds. The number of nitrogens with one attached hydrogen (secondary N) is 1. The van der Waals surface area contributed by atoms with Crippen LogP contribution in [0.3, 0.4) is 0 Å². The van der Waals surface area contributed by atoms with Gasteiger partial charge in [-0.05, 0) is 51.4 Å². The summed E-state index contributed by atoms with van der Waals surface area (Å²) in [5.74, 6) is 0.249. The standard InChI is InChI=1S/C15H26NO6PSi2/c1-24(2,3)19-11-12(15(17)22-25(4,5)6)16-23(18)20-13-9-7-8-10-14(13)21-23/h7-10,12H,11H2,1-6H3,(H,16,18). The molecule has 1 aromatic rings. The first-order chi connectivity index (χ1) is 11.4. The second kappa shape index (κ2) is 7.34. The summed E-state index contributed by atoms with van der Waals surface area (Å²) in [6, 6.07) is 5.89. The van der Waals surface area contributed by atoms with Crippen molar-refractivity contribution < 1.29 is 27.6 Å². The van der Waals surface area contributed by atoms with Gasteiger partial charge in [0.1, 0.15) is 0 Å². The van der Waals surface area contributed by atoms with Gasteiger partial charge in [0.2, 0.25) is 19.8 Å². The Morgan fingerprint density at radius 2 is 1.64 bits per heavy atom. The van der Waals surface area contributed by atoms with Crippen LogP contribution in [0.4, 0.5) is 0 Å². The fourth-order valence-corrected chi connectivity index (χ4v) is 4.92. The van der Waals surface area contributed by atoms with Gasteiger partial charge in [-0.2, -0.15) is 0 Å². The van der Waals surface area contributed by atoms with E-state index >= 15 is 0 Å². The largest absolute Gasteiger partial charge is 0.601 e. The molecule has 0 aromatic heterocycles. The molecule has 2 rings (SSSR count). The zero-order chi connectivity index (χ0) is 18.9. The molecule has 10 heteroatoms. The molecule has 0 aliphatic carbocycles. The summed E-state index contributed by atoms with van der Waals surface area (Å²) in [7, 11) is -7.69. The molecule has 0 fully saturated rings. The fourth-order valence-electron chi connectivity index (χ4n) is 1.99. The molecule has 0 spiro atoms. The van der Waals surface area contributed by atoms with Crippen LogP contribution >= 0.6 is 8.09 Å². The SMILES string of the molecule is C[Si](C)(C)OCC(N[P+]1([O-])Oc2ccccc2O1)C(=O)O[Si](C)(C)C. The second-order valence-corrected chi connectivity index (χ2v) is 18.3. The molecule has 1 aliphatic rings. The highest BCUT2D eigenvalue weighted by Gasteiger charge is 2.46. The normalized spacial score (nSPS) is 17.2. The van der Waals surface area contributed by atoms with Crippen molar-refractivity contribution in [2.24, 2.45) is 0 Å². The monoisotopic (exact) mass is 403 g/mol. The van der Waals surface area contributed by atoms with Crippen molar-refractivity contribution in [1.82, 2.24) is 5.09 Å². The van der Waals surface area contributed by atoms with Gasteiger partial charge in [-0.25, -0.2) is 0 Å². The van der Waals surface area contributed by atoms with Crippen LogP contribution in [0, 0.1) is 0 Å². The smallest absolute Gasteiger partial charge is 0.410 e. The first kappa shape index (κ1) is 20.3. The van der Waals surface area contributed by atoms with Crippen molar-refractivity contribution >= 4 is 30.7 Å². The minimum absolute atomic E-state index is 0.0477. The highest BCUT2D eigenvalue weighted by molar-refractivity contribution is 7.58. The number of carbonyl (C=O) groups excluding carboxylic acids is 1. The van der Waals surface area contributed by atoms with Crippen molar-refractivity contribution in [2.75, 3.05) is 6.61 Å². The van der Waals surface area contributed by atoms with E-state index in [4.69, 9.17) is 17.9 Å². The van der Waals surface area contributed by atoms with Crippen molar-refractivity contribution in [3.05, 3.63) is 24.3 Å². The summed E-state index contributed by atoms with van der Waals surface area (Å²) >= 11 is 0. The third-order valence-corrected chi connectivity index (χ3v) is 6.32. The molecule has 1 aromatic carbocycles. The van der Waals surface area contributed by atoms with E-state index in [9.17, 15) is 9.69 Å². The summed E-state index contributed by atoms with van der Waals surface area (Å²) < 4.78 is 22.2. The Balaban J connectivity index is 2.11. The van der Waals surface area contributed by atoms with Gasteiger partial charge in [0.05, 0.1) is 6.61 Å². The van der Waals surface area contributed by atoms with Crippen molar-refractivity contribution in [1.29, 1.82) is 0 Å². The predicted molar refractivity (Wildman–Crippen MR) is 100 cm³/mol. The van der Waals surface area contributed by atoms with E-state index in [2.05, 4.69) is 5.09 Å². The quantitative estimate of drug-likeness (QED) is 0.553. The van der Waals surface area contributed by atoms with E-state index in [-0.39, 0.29) is 6.61 Å². The first-order valence-electron chi connectivity index (χ1n) is 8.10. The number of fused-ring (bicyclic) bond motifs is 1. The predicted octanol–water partition coefficient (Wildman–Crippen LogP) is 2.68. The van der Waals surface area contributed by atoms with Crippen molar-refractivity contribution in [3.63, 3.8) is 0 Å². The lowest BCUT2D eigenvalue weighted by Crippen LogP contribution is -2.49. The van der Waals surface area contributed by atoms with Gasteiger partial charge in [-0.3, -0.25) is 13.8 Å². The average molecular weight is 404 g/mol. The third kappa shape index (κ3) is 6.36. The number of para-hydroxylation sites is 2. The van der Waals surface area contributed by atoms with E-state index in [1.54, 1.807) is 24.3 Å². The van der Waals surface area contributed by atoms with E-state index in [0.717, 1.165) is 0 Å². The zero-order valence-electron chi connectivity index (χ0n) is 15.5. The maximum absolute atomic E-state index is 12.9. The van der Waals surface area contributed by atoms with Gasteiger partial charge in [0.25, 0.3) is 0 Å². The Labute approximate surface area is 151 Å². The lowest BCUT2D eigenvalue weighted by atomic mass is 10.3. The highest BCUT2D eigenvalue weighted by Crippen LogP contribution is 2.58. The number of hydrogen-bond acceptors (Lipinski definition) is 7. The molecule has 1 heterocycles. The van der Waals surface area contributed by atoms with Crippen molar-refractivity contribution in [2.45, 2.75) is 45.3 Å². The van der Waals surface area contributed by atoms with Crippen LogP contribution in [-0.4, -0.2) is 35.3 Å². The average Bonchev–Trinajstić information content (AvgIpc) is 2.76. The number of carbonyl (C=O) groups is 1. The highest BCUT2D eigenvalue weighted by atomic mass is 31.2. The molecular weight excluding hydrogens is 377 g/mol. The number of benzene rings is 1. The molecular formula is C15H26NO6PSi2. The van der Waals surface area contributed by atoms with Gasteiger partial charge in [0, 0.05) is 0 Å². The molecule has 1 unspecified atom stereocenters. The minimum Gasteiger partial charge on any atom is -0.601 e. The molecule has 0 saturated carbocycles. The Bertz CT molecular complexity index is 606. The van der Waals surface area contributed by atoms with Crippen LogP contribution in [0.15, 0.2) is 24.3 Å². The summed E-state index contributed by atoms with van der Waals surface area (Å²) in [5.41, 5.74) is 0. The van der Waals surface area contributed by atoms with Gasteiger partial charge < -0.3 is 13.7 Å². The lowest BCUT2D eigenvalue weighted by Gasteiger charge is -2.29. The summed E-state index contributed by atoms with van der Waals surface area (Å²) in [5, 5.41) is 2.69. The molecule has 0 saturated heterocycles. The summed E-state index contributed by atoms with van der Waals surface area (Å²) in [4.78, 5) is 25.4. The Kier molecular flexibility index (Phi) is 5.97. The van der Waals surface area contributed by atoms with Crippen LogP contribution in [-0.2, 0) is 13.6 Å². The Morgan fingerprint density at radius 1 is 1.12 bits per heavy atom. The molecule has 1 N–H and O–H groups in total. The molecule has 1 atom stereocenters. The van der Waals surface area contributed by atoms with E-state index < -0.39 is 36.7 Å². The molecule has 0 radical (unpaired) electrons. The van der Waals surface area contributed by atoms with Crippen LogP contribution in [0.1, 0.15) is 0 Å². The first-order valence-corrected chi connectivity index (χ1v) is 16.5. The van der Waals surface area contributed by atoms with Crippen molar-refractivity contribution in [3.8, 4) is 11.5 Å². The van der Waals surface area contributed by atoms with Gasteiger partial charge in [0.15, 0.2) is 14.4 Å². The number of rotatable bonds is 7. The lowest BCUT2D eigenvalue weighted by molar-refractivity contribution is -0.204. The summed E-state index contributed by atoms with van der Waals surface area (Å²) in [6.45, 7) is 11.8. The topological polar surface area (TPSA) is 89.1 Å².